The molecule has 1 aromatic rings. The van der Waals surface area contributed by atoms with Gasteiger partial charge in [0.05, 0.1) is 0 Å². The summed E-state index contributed by atoms with van der Waals surface area (Å²) >= 11 is 2.15. The molecule has 0 radical (unpaired) electrons. The molecule has 70 valence electrons. The van der Waals surface area contributed by atoms with Crippen LogP contribution in [0.2, 0.25) is 0 Å². The summed E-state index contributed by atoms with van der Waals surface area (Å²) in [5.74, 6) is -0.270. The van der Waals surface area contributed by atoms with Gasteiger partial charge in [0.15, 0.2) is 0 Å². The molecule has 0 aliphatic heterocycles. The van der Waals surface area contributed by atoms with E-state index in [-0.39, 0.29) is 17.2 Å². The molecule has 1 aromatic heterocycles. The summed E-state index contributed by atoms with van der Waals surface area (Å²) in [5, 5.41) is 8.41. The van der Waals surface area contributed by atoms with E-state index in [0.29, 0.717) is 6.54 Å². The Morgan fingerprint density at radius 3 is 2.92 bits per heavy atom. The van der Waals surface area contributed by atoms with Crippen LogP contribution < -0.4 is 10.9 Å². The second-order valence-electron chi connectivity index (χ2n) is 2.25. The highest BCUT2D eigenvalue weighted by molar-refractivity contribution is 14.1. The minimum absolute atomic E-state index is 0.226. The van der Waals surface area contributed by atoms with Gasteiger partial charge in [0, 0.05) is 17.0 Å². The lowest BCUT2D eigenvalue weighted by Gasteiger charge is -1.99. The molecule has 0 saturated heterocycles. The number of rotatable bonds is 3. The standard InChI is InChI=1S/C7H8IN3O2/c8-3-4-9-7(13)5-1-2-6(12)11-10-5/h1-2H,3-4H2,(H,9,13)(H,11,12). The van der Waals surface area contributed by atoms with Crippen molar-refractivity contribution < 1.29 is 4.79 Å². The van der Waals surface area contributed by atoms with E-state index in [4.69, 9.17) is 0 Å². The largest absolute Gasteiger partial charge is 0.350 e. The molecular formula is C7H8IN3O2. The monoisotopic (exact) mass is 293 g/mol. The molecule has 0 aliphatic rings. The maximum Gasteiger partial charge on any atom is 0.271 e. The van der Waals surface area contributed by atoms with E-state index in [0.717, 1.165) is 4.43 Å². The van der Waals surface area contributed by atoms with Crippen molar-refractivity contribution in [1.82, 2.24) is 15.5 Å². The number of halogens is 1. The van der Waals surface area contributed by atoms with Gasteiger partial charge < -0.3 is 5.32 Å². The smallest absolute Gasteiger partial charge is 0.271 e. The van der Waals surface area contributed by atoms with Crippen molar-refractivity contribution in [3.63, 3.8) is 0 Å². The van der Waals surface area contributed by atoms with Gasteiger partial charge in [-0.3, -0.25) is 9.59 Å². The molecule has 1 amide bonds. The highest BCUT2D eigenvalue weighted by Gasteiger charge is 2.04. The molecule has 0 saturated carbocycles. The molecule has 0 atom stereocenters. The average molecular weight is 293 g/mol. The number of alkyl halides is 1. The first-order valence-electron chi connectivity index (χ1n) is 3.64. The highest BCUT2D eigenvalue weighted by Crippen LogP contribution is 1.88. The first kappa shape index (κ1) is 10.2. The summed E-state index contributed by atoms with van der Waals surface area (Å²) in [5.41, 5.74) is -0.0881. The third-order valence-corrected chi connectivity index (χ3v) is 1.83. The van der Waals surface area contributed by atoms with Crippen LogP contribution in [0.15, 0.2) is 16.9 Å². The van der Waals surface area contributed by atoms with Gasteiger partial charge in [0.2, 0.25) is 0 Å². The Morgan fingerprint density at radius 2 is 2.38 bits per heavy atom. The van der Waals surface area contributed by atoms with Crippen LogP contribution in [0.1, 0.15) is 10.5 Å². The number of aromatic nitrogens is 2. The molecule has 0 bridgehead atoms. The first-order valence-corrected chi connectivity index (χ1v) is 5.16. The fourth-order valence-corrected chi connectivity index (χ4v) is 0.992. The van der Waals surface area contributed by atoms with Gasteiger partial charge >= 0.3 is 0 Å². The number of nitrogens with zero attached hydrogens (tertiary/aromatic N) is 1. The second kappa shape index (κ2) is 4.95. The summed E-state index contributed by atoms with van der Waals surface area (Å²) in [7, 11) is 0. The molecule has 0 aliphatic carbocycles. The quantitative estimate of drug-likeness (QED) is 0.605. The van der Waals surface area contributed by atoms with Crippen LogP contribution in [0.25, 0.3) is 0 Å². The van der Waals surface area contributed by atoms with Crippen molar-refractivity contribution in [3.8, 4) is 0 Å². The zero-order valence-electron chi connectivity index (χ0n) is 6.71. The van der Waals surface area contributed by atoms with Crippen LogP contribution in [-0.4, -0.2) is 27.1 Å². The molecule has 0 aromatic carbocycles. The molecule has 0 unspecified atom stereocenters. The summed E-state index contributed by atoms with van der Waals surface area (Å²) in [6, 6.07) is 2.66. The Kier molecular flexibility index (Phi) is 3.87. The Balaban J connectivity index is 2.66. The fraction of sp³-hybridized carbons (Fsp3) is 0.286. The lowest BCUT2D eigenvalue weighted by molar-refractivity contribution is 0.0950. The maximum absolute atomic E-state index is 11.2. The van der Waals surface area contributed by atoms with E-state index in [9.17, 15) is 9.59 Å². The van der Waals surface area contributed by atoms with Crippen molar-refractivity contribution >= 4 is 28.5 Å². The van der Waals surface area contributed by atoms with Crippen LogP contribution in [0.3, 0.4) is 0 Å². The van der Waals surface area contributed by atoms with E-state index < -0.39 is 0 Å². The van der Waals surface area contributed by atoms with Crippen LogP contribution >= 0.6 is 22.6 Å². The SMILES string of the molecule is O=C(NCCI)c1ccc(=O)[nH]n1. The Hall–Kier alpha value is -0.920. The predicted octanol–water partition coefficient (Wildman–Crippen LogP) is -0.0653. The van der Waals surface area contributed by atoms with E-state index >= 15 is 0 Å². The predicted molar refractivity (Wildman–Crippen MR) is 56.1 cm³/mol. The molecular weight excluding hydrogens is 285 g/mol. The molecule has 1 heterocycles. The Morgan fingerprint density at radius 1 is 1.62 bits per heavy atom. The Labute approximate surface area is 88.1 Å². The normalized spacial score (nSPS) is 9.62. The van der Waals surface area contributed by atoms with Crippen LogP contribution in [-0.2, 0) is 0 Å². The maximum atomic E-state index is 11.2. The van der Waals surface area contributed by atoms with Gasteiger partial charge in [-0.05, 0) is 6.07 Å². The lowest BCUT2D eigenvalue weighted by Crippen LogP contribution is -2.27. The minimum Gasteiger partial charge on any atom is -0.350 e. The minimum atomic E-state index is -0.314. The number of carbonyl (C=O) groups excluding carboxylic acids is 1. The molecule has 2 N–H and O–H groups in total. The first-order chi connectivity index (χ1) is 6.24. The Bertz CT molecular complexity index is 329. The van der Waals surface area contributed by atoms with E-state index in [1.54, 1.807) is 0 Å². The lowest BCUT2D eigenvalue weighted by atomic mass is 10.4. The van der Waals surface area contributed by atoms with Gasteiger partial charge in [-0.2, -0.15) is 5.10 Å². The van der Waals surface area contributed by atoms with Crippen LogP contribution in [0.4, 0.5) is 0 Å². The molecule has 1 rings (SSSR count). The number of H-pyrrole nitrogens is 1. The number of hydrogen-bond acceptors (Lipinski definition) is 3. The number of hydrogen-bond donors (Lipinski definition) is 2. The van der Waals surface area contributed by atoms with Gasteiger partial charge in [0.1, 0.15) is 5.69 Å². The number of nitrogens with one attached hydrogen (secondary N) is 2. The third-order valence-electron chi connectivity index (χ3n) is 1.29. The van der Waals surface area contributed by atoms with E-state index in [1.165, 1.54) is 12.1 Å². The van der Waals surface area contributed by atoms with Gasteiger partial charge in [-0.15, -0.1) is 0 Å². The van der Waals surface area contributed by atoms with Crippen molar-refractivity contribution in [3.05, 3.63) is 28.2 Å². The second-order valence-corrected chi connectivity index (χ2v) is 3.33. The van der Waals surface area contributed by atoms with Crippen molar-refractivity contribution in [1.29, 1.82) is 0 Å². The molecule has 6 heteroatoms. The van der Waals surface area contributed by atoms with Crippen molar-refractivity contribution in [2.45, 2.75) is 0 Å². The third kappa shape index (κ3) is 3.13. The van der Waals surface area contributed by atoms with Crippen LogP contribution in [0.5, 0.6) is 0 Å². The molecule has 13 heavy (non-hydrogen) atoms. The zero-order chi connectivity index (χ0) is 9.68. The van der Waals surface area contributed by atoms with Crippen molar-refractivity contribution in [2.75, 3.05) is 11.0 Å². The number of carbonyl (C=O) groups is 1. The summed E-state index contributed by atoms with van der Waals surface area (Å²) < 4.78 is 0.840. The van der Waals surface area contributed by atoms with E-state index in [2.05, 4.69) is 38.1 Å². The zero-order valence-corrected chi connectivity index (χ0v) is 8.87. The molecule has 5 nitrogen and oxygen atoms in total. The summed E-state index contributed by atoms with van der Waals surface area (Å²) in [4.78, 5) is 21.8. The van der Waals surface area contributed by atoms with Gasteiger partial charge in [-0.25, -0.2) is 5.10 Å². The molecule has 0 spiro atoms. The number of aromatic amines is 1. The highest BCUT2D eigenvalue weighted by atomic mass is 127. The summed E-state index contributed by atoms with van der Waals surface area (Å²) in [6.45, 7) is 0.597. The average Bonchev–Trinajstić information content (AvgIpc) is 2.15. The van der Waals surface area contributed by atoms with Gasteiger partial charge in [-0.1, -0.05) is 22.6 Å². The number of amides is 1. The van der Waals surface area contributed by atoms with E-state index in [1.807, 2.05) is 0 Å². The van der Waals surface area contributed by atoms with Crippen molar-refractivity contribution in [2.24, 2.45) is 0 Å². The molecule has 0 fully saturated rings. The fourth-order valence-electron chi connectivity index (χ4n) is 0.722. The topological polar surface area (TPSA) is 74.8 Å². The van der Waals surface area contributed by atoms with Gasteiger partial charge in [0.25, 0.3) is 11.5 Å². The summed E-state index contributed by atoms with van der Waals surface area (Å²) in [6.07, 6.45) is 0. The van der Waals surface area contributed by atoms with Crippen LogP contribution in [0, 0.1) is 0 Å².